The number of ether oxygens (including phenoxy) is 2. The van der Waals surface area contributed by atoms with Crippen LogP contribution >= 0.6 is 0 Å². The van der Waals surface area contributed by atoms with Crippen molar-refractivity contribution in [1.82, 2.24) is 5.32 Å². The summed E-state index contributed by atoms with van der Waals surface area (Å²) < 4.78 is 11.2. The van der Waals surface area contributed by atoms with Crippen LogP contribution in [-0.4, -0.2) is 87.5 Å². The minimum atomic E-state index is -1.54. The van der Waals surface area contributed by atoms with Crippen molar-refractivity contribution in [1.29, 1.82) is 0 Å². The Morgan fingerprint density at radius 3 is 1.61 bits per heavy atom. The molecular formula is C35H69NO8. The van der Waals surface area contributed by atoms with Crippen molar-refractivity contribution in [3.05, 3.63) is 0 Å². The highest BCUT2D eigenvalue weighted by atomic mass is 16.7. The van der Waals surface area contributed by atoms with E-state index in [4.69, 9.17) is 9.47 Å². The molecule has 1 aliphatic rings. The molecule has 7 unspecified atom stereocenters. The number of amides is 1. The quantitative estimate of drug-likeness (QED) is 0.0580. The fourth-order valence-electron chi connectivity index (χ4n) is 5.92. The first-order chi connectivity index (χ1) is 21.3. The molecule has 0 spiro atoms. The first-order valence-electron chi connectivity index (χ1n) is 18.2. The second-order valence-corrected chi connectivity index (χ2v) is 13.0. The van der Waals surface area contributed by atoms with Gasteiger partial charge in [0.05, 0.1) is 25.4 Å². The largest absolute Gasteiger partial charge is 0.394 e. The Hall–Kier alpha value is -0.810. The second-order valence-electron chi connectivity index (χ2n) is 13.0. The molecule has 0 aromatic carbocycles. The third kappa shape index (κ3) is 19.0. The van der Waals surface area contributed by atoms with Gasteiger partial charge in [0.25, 0.3) is 0 Å². The van der Waals surface area contributed by atoms with Gasteiger partial charge >= 0.3 is 0 Å². The topological polar surface area (TPSA) is 149 Å². The van der Waals surface area contributed by atoms with Crippen LogP contribution in [0.25, 0.3) is 0 Å². The fourth-order valence-corrected chi connectivity index (χ4v) is 5.92. The summed E-state index contributed by atoms with van der Waals surface area (Å²) in [5.41, 5.74) is 0. The number of carbonyl (C=O) groups excluding carboxylic acids is 1. The van der Waals surface area contributed by atoms with Gasteiger partial charge in [-0.15, -0.1) is 0 Å². The van der Waals surface area contributed by atoms with E-state index in [0.29, 0.717) is 12.8 Å². The molecule has 0 aromatic heterocycles. The lowest BCUT2D eigenvalue weighted by atomic mass is 9.99. The zero-order valence-corrected chi connectivity index (χ0v) is 28.2. The first-order valence-corrected chi connectivity index (χ1v) is 18.2. The Kier molecular flexibility index (Phi) is 25.6. The van der Waals surface area contributed by atoms with Gasteiger partial charge in [-0.3, -0.25) is 4.79 Å². The van der Waals surface area contributed by atoms with Crippen molar-refractivity contribution in [2.75, 3.05) is 13.2 Å². The van der Waals surface area contributed by atoms with E-state index >= 15 is 0 Å². The van der Waals surface area contributed by atoms with E-state index in [1.807, 2.05) is 0 Å². The van der Waals surface area contributed by atoms with Crippen molar-refractivity contribution in [3.63, 3.8) is 0 Å². The van der Waals surface area contributed by atoms with E-state index < -0.39 is 49.5 Å². The molecule has 1 rings (SSSR count). The summed E-state index contributed by atoms with van der Waals surface area (Å²) in [6.07, 6.45) is 18.3. The highest BCUT2D eigenvalue weighted by Gasteiger charge is 2.44. The number of aliphatic hydroxyl groups is 5. The minimum Gasteiger partial charge on any atom is -0.394 e. The Balaban J connectivity index is 2.44. The molecule has 1 aliphatic heterocycles. The lowest BCUT2D eigenvalue weighted by Gasteiger charge is -2.40. The number of unbranched alkanes of at least 4 members (excludes halogenated alkanes) is 19. The zero-order valence-electron chi connectivity index (χ0n) is 28.2. The highest BCUT2D eigenvalue weighted by Crippen LogP contribution is 2.23. The summed E-state index contributed by atoms with van der Waals surface area (Å²) in [5, 5.41) is 53.8. The Labute approximate surface area is 268 Å². The molecule has 1 heterocycles. The summed E-state index contributed by atoms with van der Waals surface area (Å²) in [7, 11) is 0. The van der Waals surface area contributed by atoms with Crippen molar-refractivity contribution >= 4 is 5.91 Å². The highest BCUT2D eigenvalue weighted by molar-refractivity contribution is 5.76. The predicted molar refractivity (Wildman–Crippen MR) is 175 cm³/mol. The molecule has 1 fully saturated rings. The summed E-state index contributed by atoms with van der Waals surface area (Å²) >= 11 is 0. The molecule has 7 atom stereocenters. The van der Waals surface area contributed by atoms with Gasteiger partial charge < -0.3 is 40.3 Å². The number of carbonyl (C=O) groups is 1. The molecule has 0 bridgehead atoms. The summed E-state index contributed by atoms with van der Waals surface area (Å²) in [6.45, 7) is 3.78. The molecular weight excluding hydrogens is 562 g/mol. The summed E-state index contributed by atoms with van der Waals surface area (Å²) in [4.78, 5) is 12.8. The van der Waals surface area contributed by atoms with Gasteiger partial charge in [-0.05, 0) is 12.8 Å². The molecule has 44 heavy (non-hydrogen) atoms. The van der Waals surface area contributed by atoms with E-state index in [1.54, 1.807) is 0 Å². The van der Waals surface area contributed by atoms with Crippen LogP contribution < -0.4 is 5.32 Å². The number of hydrogen-bond donors (Lipinski definition) is 6. The third-order valence-corrected chi connectivity index (χ3v) is 8.96. The first kappa shape index (κ1) is 41.2. The molecule has 0 aliphatic carbocycles. The molecule has 262 valence electrons. The number of aliphatic hydroxyl groups excluding tert-OH is 5. The molecule has 0 saturated carbocycles. The Bertz CT molecular complexity index is 667. The van der Waals surface area contributed by atoms with E-state index in [1.165, 1.54) is 96.3 Å². The maximum absolute atomic E-state index is 12.8. The van der Waals surface area contributed by atoms with Crippen molar-refractivity contribution < 1.29 is 39.8 Å². The lowest BCUT2D eigenvalue weighted by molar-refractivity contribution is -0.302. The van der Waals surface area contributed by atoms with Crippen LogP contribution in [0.2, 0.25) is 0 Å². The van der Waals surface area contributed by atoms with Gasteiger partial charge in [0, 0.05) is 6.42 Å². The Morgan fingerprint density at radius 2 is 1.14 bits per heavy atom. The number of rotatable bonds is 29. The Morgan fingerprint density at radius 1 is 0.682 bits per heavy atom. The zero-order chi connectivity index (χ0) is 32.4. The lowest BCUT2D eigenvalue weighted by Crippen LogP contribution is -2.60. The van der Waals surface area contributed by atoms with Crippen LogP contribution in [0, 0.1) is 0 Å². The average molecular weight is 632 g/mol. The smallest absolute Gasteiger partial charge is 0.220 e. The summed E-state index contributed by atoms with van der Waals surface area (Å²) in [5.74, 6) is -0.148. The standard InChI is InChI=1S/C35H69NO8/c1-3-5-7-9-11-13-14-15-17-19-21-23-25-31(39)36-28(29(38)24-22-20-18-16-12-10-8-6-4-2)27-43-35-34(42)33(41)32(40)30(26-37)44-35/h28-30,32-35,37-38,40-42H,3-27H2,1-2H3,(H,36,39). The van der Waals surface area contributed by atoms with Gasteiger partial charge in [-0.25, -0.2) is 0 Å². The van der Waals surface area contributed by atoms with E-state index in [0.717, 1.165) is 38.5 Å². The van der Waals surface area contributed by atoms with Crippen LogP contribution in [-0.2, 0) is 14.3 Å². The molecule has 0 radical (unpaired) electrons. The van der Waals surface area contributed by atoms with E-state index in [9.17, 15) is 30.3 Å². The van der Waals surface area contributed by atoms with Gasteiger partial charge in [-0.2, -0.15) is 0 Å². The van der Waals surface area contributed by atoms with Crippen molar-refractivity contribution in [2.24, 2.45) is 0 Å². The molecule has 6 N–H and O–H groups in total. The van der Waals surface area contributed by atoms with Gasteiger partial charge in [0.15, 0.2) is 6.29 Å². The van der Waals surface area contributed by atoms with Crippen LogP contribution in [0.15, 0.2) is 0 Å². The van der Waals surface area contributed by atoms with Gasteiger partial charge in [-0.1, -0.05) is 142 Å². The van der Waals surface area contributed by atoms with Gasteiger partial charge in [0.1, 0.15) is 24.4 Å². The summed E-state index contributed by atoms with van der Waals surface area (Å²) in [6, 6.07) is -0.707. The molecule has 9 heteroatoms. The average Bonchev–Trinajstić information content (AvgIpc) is 3.02. The van der Waals surface area contributed by atoms with Crippen LogP contribution in [0.5, 0.6) is 0 Å². The molecule has 9 nitrogen and oxygen atoms in total. The fraction of sp³-hybridized carbons (Fsp3) is 0.971. The molecule has 1 saturated heterocycles. The van der Waals surface area contributed by atoms with Crippen molar-refractivity contribution in [3.8, 4) is 0 Å². The van der Waals surface area contributed by atoms with E-state index in [2.05, 4.69) is 19.2 Å². The maximum Gasteiger partial charge on any atom is 0.220 e. The molecule has 1 amide bonds. The third-order valence-electron chi connectivity index (χ3n) is 8.96. The number of nitrogens with one attached hydrogen (secondary N) is 1. The van der Waals surface area contributed by atoms with Crippen LogP contribution in [0.3, 0.4) is 0 Å². The second kappa shape index (κ2) is 27.3. The maximum atomic E-state index is 12.8. The SMILES string of the molecule is CCCCCCCCCCCCCCC(=O)NC(COC1OC(CO)C(O)C(O)C1O)C(O)CCCCCCCCCCC. The van der Waals surface area contributed by atoms with Gasteiger partial charge in [0.2, 0.25) is 5.91 Å². The molecule has 0 aromatic rings. The van der Waals surface area contributed by atoms with Crippen LogP contribution in [0.4, 0.5) is 0 Å². The monoisotopic (exact) mass is 632 g/mol. The van der Waals surface area contributed by atoms with Crippen molar-refractivity contribution in [2.45, 2.75) is 204 Å². The van der Waals surface area contributed by atoms with Crippen LogP contribution in [0.1, 0.15) is 162 Å². The number of hydrogen-bond acceptors (Lipinski definition) is 8. The normalized spacial score (nSPS) is 23.5. The minimum absolute atomic E-state index is 0.133. The van der Waals surface area contributed by atoms with E-state index in [-0.39, 0.29) is 12.5 Å². The predicted octanol–water partition coefficient (Wildman–Crippen LogP) is 5.66.